The molecular formula is C14H18ClFN2O3. The van der Waals surface area contributed by atoms with Crippen molar-refractivity contribution in [2.24, 2.45) is 5.41 Å². The Morgan fingerprint density at radius 3 is 2.33 bits per heavy atom. The first-order valence-corrected chi connectivity index (χ1v) is 6.63. The van der Waals surface area contributed by atoms with Crippen LogP contribution in [-0.2, 0) is 4.79 Å². The largest absolute Gasteiger partial charge is 0.481 e. The SMILES string of the molecule is CC(C)(NC(=O)Nc1cccc(Cl)c1F)C(C)(C)C(=O)O. The Morgan fingerprint density at radius 2 is 1.81 bits per heavy atom. The molecule has 0 atom stereocenters. The molecule has 0 saturated heterocycles. The van der Waals surface area contributed by atoms with Crippen LogP contribution in [-0.4, -0.2) is 22.6 Å². The minimum absolute atomic E-state index is 0.0797. The first-order valence-electron chi connectivity index (χ1n) is 6.25. The van der Waals surface area contributed by atoms with E-state index in [4.69, 9.17) is 11.6 Å². The average Bonchev–Trinajstić information content (AvgIpc) is 2.33. The summed E-state index contributed by atoms with van der Waals surface area (Å²) in [4.78, 5) is 23.2. The lowest BCUT2D eigenvalue weighted by Gasteiger charge is -2.38. The van der Waals surface area contributed by atoms with E-state index in [0.29, 0.717) is 0 Å². The number of carboxylic acids is 1. The zero-order chi connectivity index (χ0) is 16.4. The lowest BCUT2D eigenvalue weighted by atomic mass is 9.74. The van der Waals surface area contributed by atoms with Crippen LogP contribution in [0.3, 0.4) is 0 Å². The molecule has 116 valence electrons. The van der Waals surface area contributed by atoms with Crippen LogP contribution in [0.5, 0.6) is 0 Å². The van der Waals surface area contributed by atoms with E-state index in [2.05, 4.69) is 10.6 Å². The number of amides is 2. The Balaban J connectivity index is 2.87. The Kier molecular flexibility index (Phi) is 4.83. The molecule has 2 amide bonds. The molecule has 0 heterocycles. The smallest absolute Gasteiger partial charge is 0.319 e. The second-order valence-electron chi connectivity index (χ2n) is 5.74. The summed E-state index contributed by atoms with van der Waals surface area (Å²) >= 11 is 5.62. The number of anilines is 1. The fraction of sp³-hybridized carbons (Fsp3) is 0.429. The fourth-order valence-corrected chi connectivity index (χ4v) is 1.64. The molecule has 1 aromatic carbocycles. The van der Waals surface area contributed by atoms with Crippen molar-refractivity contribution in [2.75, 3.05) is 5.32 Å². The van der Waals surface area contributed by atoms with E-state index in [9.17, 15) is 19.1 Å². The number of nitrogens with one attached hydrogen (secondary N) is 2. The number of hydrogen-bond donors (Lipinski definition) is 3. The van der Waals surface area contributed by atoms with Crippen LogP contribution in [0.15, 0.2) is 18.2 Å². The number of rotatable bonds is 4. The van der Waals surface area contributed by atoms with Crippen molar-refractivity contribution in [3.63, 3.8) is 0 Å². The standard InChI is InChI=1S/C14H18ClFN2O3/c1-13(2,11(19)20)14(3,4)18-12(21)17-9-7-5-6-8(15)10(9)16/h5-7H,1-4H3,(H,19,20)(H2,17,18,21). The highest BCUT2D eigenvalue weighted by molar-refractivity contribution is 6.31. The minimum atomic E-state index is -1.21. The number of urea groups is 1. The molecule has 0 aliphatic carbocycles. The van der Waals surface area contributed by atoms with Gasteiger partial charge in [0.2, 0.25) is 0 Å². The second-order valence-corrected chi connectivity index (χ2v) is 6.14. The molecule has 1 aromatic rings. The predicted molar refractivity (Wildman–Crippen MR) is 79.1 cm³/mol. The van der Waals surface area contributed by atoms with Crippen molar-refractivity contribution >= 4 is 29.3 Å². The van der Waals surface area contributed by atoms with Gasteiger partial charge in [-0.1, -0.05) is 17.7 Å². The third-order valence-corrected chi connectivity index (χ3v) is 4.01. The molecule has 0 fully saturated rings. The lowest BCUT2D eigenvalue weighted by Crippen LogP contribution is -2.57. The van der Waals surface area contributed by atoms with E-state index in [1.165, 1.54) is 32.0 Å². The molecule has 0 saturated carbocycles. The van der Waals surface area contributed by atoms with E-state index < -0.39 is 28.8 Å². The van der Waals surface area contributed by atoms with Crippen molar-refractivity contribution < 1.29 is 19.1 Å². The molecule has 0 unspecified atom stereocenters. The maximum absolute atomic E-state index is 13.7. The van der Waals surface area contributed by atoms with Gasteiger partial charge < -0.3 is 15.7 Å². The summed E-state index contributed by atoms with van der Waals surface area (Å²) in [6, 6.07) is 3.50. The average molecular weight is 317 g/mol. The minimum Gasteiger partial charge on any atom is -0.481 e. The molecule has 0 aliphatic rings. The molecule has 3 N–H and O–H groups in total. The van der Waals surface area contributed by atoms with Crippen molar-refractivity contribution in [2.45, 2.75) is 33.2 Å². The summed E-state index contributed by atoms with van der Waals surface area (Å²) in [7, 11) is 0. The molecule has 0 spiro atoms. The number of benzene rings is 1. The molecule has 0 bridgehead atoms. The first kappa shape index (κ1) is 17.2. The van der Waals surface area contributed by atoms with Crippen LogP contribution in [0.2, 0.25) is 5.02 Å². The number of carbonyl (C=O) groups excluding carboxylic acids is 1. The van der Waals surface area contributed by atoms with Crippen LogP contribution in [0.25, 0.3) is 0 Å². The van der Waals surface area contributed by atoms with Gasteiger partial charge in [-0.3, -0.25) is 4.79 Å². The second kappa shape index (κ2) is 5.89. The normalized spacial score (nSPS) is 11.9. The van der Waals surface area contributed by atoms with Gasteiger partial charge in [-0.15, -0.1) is 0 Å². The summed E-state index contributed by atoms with van der Waals surface area (Å²) in [6.07, 6.45) is 0. The Bertz CT molecular complexity index is 573. The lowest BCUT2D eigenvalue weighted by molar-refractivity contribution is -0.150. The summed E-state index contributed by atoms with van der Waals surface area (Å²) in [5.74, 6) is -1.80. The number of carbonyl (C=O) groups is 2. The van der Waals surface area contributed by atoms with Gasteiger partial charge in [-0.05, 0) is 39.8 Å². The van der Waals surface area contributed by atoms with E-state index in [0.717, 1.165) is 0 Å². The van der Waals surface area contributed by atoms with Gasteiger partial charge in [0, 0.05) is 0 Å². The fourth-order valence-electron chi connectivity index (χ4n) is 1.46. The highest BCUT2D eigenvalue weighted by Crippen LogP contribution is 2.31. The molecule has 1 rings (SSSR count). The summed E-state index contributed by atoms with van der Waals surface area (Å²) in [5, 5.41) is 13.9. The first-order chi connectivity index (χ1) is 9.49. The number of hydrogen-bond acceptors (Lipinski definition) is 2. The number of aliphatic carboxylic acids is 1. The topological polar surface area (TPSA) is 78.4 Å². The molecule has 21 heavy (non-hydrogen) atoms. The molecule has 0 aliphatic heterocycles. The predicted octanol–water partition coefficient (Wildman–Crippen LogP) is 3.49. The van der Waals surface area contributed by atoms with Crippen LogP contribution in [0.1, 0.15) is 27.7 Å². The zero-order valence-corrected chi connectivity index (χ0v) is 13.0. The highest BCUT2D eigenvalue weighted by atomic mass is 35.5. The van der Waals surface area contributed by atoms with Gasteiger partial charge in [-0.2, -0.15) is 0 Å². The summed E-state index contributed by atoms with van der Waals surface area (Å²) in [5.41, 5.74) is -2.35. The molecular weight excluding hydrogens is 299 g/mol. The monoisotopic (exact) mass is 316 g/mol. The quantitative estimate of drug-likeness (QED) is 0.795. The van der Waals surface area contributed by atoms with Crippen LogP contribution < -0.4 is 10.6 Å². The van der Waals surface area contributed by atoms with E-state index in [1.54, 1.807) is 13.8 Å². The van der Waals surface area contributed by atoms with Crippen LogP contribution in [0.4, 0.5) is 14.9 Å². The molecule has 5 nitrogen and oxygen atoms in total. The Hall–Kier alpha value is -1.82. The maximum Gasteiger partial charge on any atom is 0.319 e. The Morgan fingerprint density at radius 1 is 1.24 bits per heavy atom. The van der Waals surface area contributed by atoms with Crippen molar-refractivity contribution in [1.29, 1.82) is 0 Å². The molecule has 7 heteroatoms. The summed E-state index contributed by atoms with van der Waals surface area (Å²) in [6.45, 7) is 6.15. The van der Waals surface area contributed by atoms with E-state index >= 15 is 0 Å². The third kappa shape index (κ3) is 3.64. The van der Waals surface area contributed by atoms with E-state index in [-0.39, 0.29) is 10.7 Å². The van der Waals surface area contributed by atoms with Crippen molar-refractivity contribution in [3.05, 3.63) is 29.0 Å². The van der Waals surface area contributed by atoms with Gasteiger partial charge in [-0.25, -0.2) is 9.18 Å². The summed E-state index contributed by atoms with van der Waals surface area (Å²) < 4.78 is 13.7. The van der Waals surface area contributed by atoms with Gasteiger partial charge in [0.15, 0.2) is 5.82 Å². The van der Waals surface area contributed by atoms with Gasteiger partial charge >= 0.3 is 12.0 Å². The van der Waals surface area contributed by atoms with Crippen LogP contribution in [0, 0.1) is 11.2 Å². The van der Waals surface area contributed by atoms with Gasteiger partial charge in [0.25, 0.3) is 0 Å². The van der Waals surface area contributed by atoms with E-state index in [1.807, 2.05) is 0 Å². The Labute approximate surface area is 127 Å². The zero-order valence-electron chi connectivity index (χ0n) is 12.3. The number of carboxylic acid groups (broad SMARTS) is 1. The van der Waals surface area contributed by atoms with Crippen molar-refractivity contribution in [3.8, 4) is 0 Å². The third-order valence-electron chi connectivity index (χ3n) is 3.72. The molecule has 0 radical (unpaired) electrons. The van der Waals surface area contributed by atoms with Gasteiger partial charge in [0.05, 0.1) is 21.7 Å². The van der Waals surface area contributed by atoms with Gasteiger partial charge in [0.1, 0.15) is 0 Å². The number of halogens is 2. The maximum atomic E-state index is 13.7. The van der Waals surface area contributed by atoms with Crippen molar-refractivity contribution in [1.82, 2.24) is 5.32 Å². The van der Waals surface area contributed by atoms with Crippen LogP contribution >= 0.6 is 11.6 Å². The highest BCUT2D eigenvalue weighted by Gasteiger charge is 2.44. The molecule has 0 aromatic heterocycles.